The second kappa shape index (κ2) is 5.27. The van der Waals surface area contributed by atoms with Gasteiger partial charge in [-0.15, -0.1) is 0 Å². The van der Waals surface area contributed by atoms with Gasteiger partial charge in [0, 0.05) is 6.42 Å². The van der Waals surface area contributed by atoms with Crippen LogP contribution in [-0.4, -0.2) is 5.11 Å². The molecular formula is C15H14F2O. The zero-order valence-electron chi connectivity index (χ0n) is 10.0. The van der Waals surface area contributed by atoms with Crippen molar-refractivity contribution in [3.8, 4) is 0 Å². The third-order valence-electron chi connectivity index (χ3n) is 2.88. The normalized spacial score (nSPS) is 12.4. The Balaban J connectivity index is 2.22. The van der Waals surface area contributed by atoms with E-state index in [4.69, 9.17) is 0 Å². The first-order valence-electron chi connectivity index (χ1n) is 5.75. The maximum Gasteiger partial charge on any atom is 0.131 e. The number of halogens is 2. The lowest BCUT2D eigenvalue weighted by Gasteiger charge is -2.13. The molecule has 0 saturated heterocycles. The van der Waals surface area contributed by atoms with Gasteiger partial charge in [-0.2, -0.15) is 0 Å². The second-order valence-electron chi connectivity index (χ2n) is 4.34. The molecule has 2 aromatic carbocycles. The molecular weight excluding hydrogens is 234 g/mol. The molecule has 1 N–H and O–H groups in total. The highest BCUT2D eigenvalue weighted by atomic mass is 19.1. The van der Waals surface area contributed by atoms with E-state index in [9.17, 15) is 13.9 Å². The summed E-state index contributed by atoms with van der Waals surface area (Å²) < 4.78 is 26.9. The highest BCUT2D eigenvalue weighted by molar-refractivity contribution is 5.26. The zero-order chi connectivity index (χ0) is 13.1. The Labute approximate surface area is 105 Å². The summed E-state index contributed by atoms with van der Waals surface area (Å²) in [4.78, 5) is 0. The van der Waals surface area contributed by atoms with Crippen molar-refractivity contribution in [2.75, 3.05) is 0 Å². The van der Waals surface area contributed by atoms with E-state index >= 15 is 0 Å². The minimum absolute atomic E-state index is 0.193. The van der Waals surface area contributed by atoms with E-state index < -0.39 is 17.7 Å². The number of hydrogen-bond donors (Lipinski definition) is 1. The van der Waals surface area contributed by atoms with Crippen LogP contribution in [-0.2, 0) is 6.42 Å². The lowest BCUT2D eigenvalue weighted by Crippen LogP contribution is -2.07. The monoisotopic (exact) mass is 248 g/mol. The summed E-state index contributed by atoms with van der Waals surface area (Å²) in [5.74, 6) is -1.43. The molecule has 1 unspecified atom stereocenters. The van der Waals surface area contributed by atoms with Crippen LogP contribution >= 0.6 is 0 Å². The van der Waals surface area contributed by atoms with E-state index in [0.717, 1.165) is 23.3 Å². The molecule has 0 spiro atoms. The number of benzene rings is 2. The number of rotatable bonds is 3. The molecule has 0 aliphatic rings. The predicted octanol–water partition coefficient (Wildman–Crippen LogP) is 3.55. The topological polar surface area (TPSA) is 20.2 Å². The Kier molecular flexibility index (Phi) is 3.72. The average molecular weight is 248 g/mol. The largest absolute Gasteiger partial charge is 0.388 e. The molecule has 0 fully saturated rings. The molecule has 2 rings (SSSR count). The molecule has 0 heterocycles. The van der Waals surface area contributed by atoms with Crippen LogP contribution in [0, 0.1) is 18.6 Å². The van der Waals surface area contributed by atoms with Crippen LogP contribution in [0.4, 0.5) is 8.78 Å². The maximum atomic E-state index is 13.5. The molecule has 0 aliphatic carbocycles. The minimum atomic E-state index is -1.17. The molecule has 1 nitrogen and oxygen atoms in total. The lowest BCUT2D eigenvalue weighted by molar-refractivity contribution is 0.168. The smallest absolute Gasteiger partial charge is 0.131 e. The fraction of sp³-hybridized carbons (Fsp3) is 0.200. The number of aliphatic hydroxyl groups is 1. The van der Waals surface area contributed by atoms with Gasteiger partial charge in [0.2, 0.25) is 0 Å². The van der Waals surface area contributed by atoms with Gasteiger partial charge < -0.3 is 5.11 Å². The summed E-state index contributed by atoms with van der Waals surface area (Å²) in [5.41, 5.74) is 1.68. The third kappa shape index (κ3) is 2.74. The van der Waals surface area contributed by atoms with Gasteiger partial charge in [-0.25, -0.2) is 8.78 Å². The van der Waals surface area contributed by atoms with E-state index in [1.807, 2.05) is 31.2 Å². The first-order chi connectivity index (χ1) is 8.58. The minimum Gasteiger partial charge on any atom is -0.388 e. The van der Waals surface area contributed by atoms with E-state index in [2.05, 4.69) is 0 Å². The van der Waals surface area contributed by atoms with E-state index in [0.29, 0.717) is 0 Å². The summed E-state index contributed by atoms with van der Waals surface area (Å²) in [6, 6.07) is 11.1. The summed E-state index contributed by atoms with van der Waals surface area (Å²) >= 11 is 0. The Hall–Kier alpha value is -1.74. The lowest BCUT2D eigenvalue weighted by atomic mass is 10.00. The van der Waals surface area contributed by atoms with Crippen molar-refractivity contribution >= 4 is 0 Å². The summed E-state index contributed by atoms with van der Waals surface area (Å²) in [7, 11) is 0. The molecule has 0 amide bonds. The van der Waals surface area contributed by atoms with Crippen molar-refractivity contribution in [1.29, 1.82) is 0 Å². The van der Waals surface area contributed by atoms with Crippen LogP contribution in [0.15, 0.2) is 42.5 Å². The molecule has 0 radical (unpaired) electrons. The van der Waals surface area contributed by atoms with Gasteiger partial charge in [0.05, 0.1) is 11.7 Å². The summed E-state index contributed by atoms with van der Waals surface area (Å²) in [5, 5.41) is 9.92. The van der Waals surface area contributed by atoms with Gasteiger partial charge in [-0.1, -0.05) is 35.9 Å². The van der Waals surface area contributed by atoms with Crippen molar-refractivity contribution in [2.24, 2.45) is 0 Å². The van der Waals surface area contributed by atoms with Gasteiger partial charge in [-0.05, 0) is 24.6 Å². The fourth-order valence-electron chi connectivity index (χ4n) is 1.88. The third-order valence-corrected chi connectivity index (χ3v) is 2.88. The number of hydrogen-bond acceptors (Lipinski definition) is 1. The fourth-order valence-corrected chi connectivity index (χ4v) is 1.88. The van der Waals surface area contributed by atoms with Crippen LogP contribution in [0.25, 0.3) is 0 Å². The molecule has 1 atom stereocenters. The number of aryl methyl sites for hydroxylation is 1. The first-order valence-corrected chi connectivity index (χ1v) is 5.75. The molecule has 0 saturated carbocycles. The summed E-state index contributed by atoms with van der Waals surface area (Å²) in [6.07, 6.45) is -0.980. The van der Waals surface area contributed by atoms with Gasteiger partial charge in [0.1, 0.15) is 11.6 Å². The van der Waals surface area contributed by atoms with Crippen molar-refractivity contribution in [2.45, 2.75) is 19.4 Å². The van der Waals surface area contributed by atoms with Crippen molar-refractivity contribution in [1.82, 2.24) is 0 Å². The first kappa shape index (κ1) is 12.7. The second-order valence-corrected chi connectivity index (χ2v) is 4.34. The van der Waals surface area contributed by atoms with Crippen LogP contribution in [0.3, 0.4) is 0 Å². The van der Waals surface area contributed by atoms with E-state index in [1.54, 1.807) is 0 Å². The molecule has 3 heteroatoms. The molecule has 0 bridgehead atoms. The van der Waals surface area contributed by atoms with E-state index in [-0.39, 0.29) is 12.0 Å². The Morgan fingerprint density at radius 2 is 1.56 bits per heavy atom. The van der Waals surface area contributed by atoms with Gasteiger partial charge in [-0.3, -0.25) is 0 Å². The Morgan fingerprint density at radius 3 is 2.11 bits per heavy atom. The highest BCUT2D eigenvalue weighted by Gasteiger charge is 2.17. The molecule has 94 valence electrons. The van der Waals surface area contributed by atoms with Gasteiger partial charge in [0.25, 0.3) is 0 Å². The van der Waals surface area contributed by atoms with Crippen LogP contribution in [0.5, 0.6) is 0 Å². The maximum absolute atomic E-state index is 13.5. The predicted molar refractivity (Wildman–Crippen MR) is 66.2 cm³/mol. The van der Waals surface area contributed by atoms with Gasteiger partial charge >= 0.3 is 0 Å². The SMILES string of the molecule is Cc1ccc(CC(O)c2c(F)cccc2F)cc1. The van der Waals surface area contributed by atoms with E-state index in [1.165, 1.54) is 6.07 Å². The van der Waals surface area contributed by atoms with Crippen LogP contribution < -0.4 is 0 Å². The average Bonchev–Trinajstić information content (AvgIpc) is 2.32. The summed E-state index contributed by atoms with van der Waals surface area (Å²) in [6.45, 7) is 1.96. The molecule has 18 heavy (non-hydrogen) atoms. The quantitative estimate of drug-likeness (QED) is 0.880. The molecule has 0 aliphatic heterocycles. The molecule has 0 aromatic heterocycles. The van der Waals surface area contributed by atoms with Crippen molar-refractivity contribution in [3.05, 3.63) is 70.8 Å². The van der Waals surface area contributed by atoms with Crippen LogP contribution in [0.2, 0.25) is 0 Å². The van der Waals surface area contributed by atoms with Crippen LogP contribution in [0.1, 0.15) is 22.8 Å². The Morgan fingerprint density at radius 1 is 1.00 bits per heavy atom. The van der Waals surface area contributed by atoms with Crippen molar-refractivity contribution < 1.29 is 13.9 Å². The van der Waals surface area contributed by atoms with Crippen molar-refractivity contribution in [3.63, 3.8) is 0 Å². The van der Waals surface area contributed by atoms with Gasteiger partial charge in [0.15, 0.2) is 0 Å². The molecule has 2 aromatic rings. The standard InChI is InChI=1S/C15H14F2O/c1-10-5-7-11(8-6-10)9-14(18)15-12(16)3-2-4-13(15)17/h2-8,14,18H,9H2,1H3. The Bertz CT molecular complexity index is 514. The highest BCUT2D eigenvalue weighted by Crippen LogP contribution is 2.24. The zero-order valence-corrected chi connectivity index (χ0v) is 10.0. The number of aliphatic hydroxyl groups excluding tert-OH is 1.